The van der Waals surface area contributed by atoms with E-state index in [1.54, 1.807) is 18.5 Å². The van der Waals surface area contributed by atoms with Crippen LogP contribution in [-0.2, 0) is 0 Å². The van der Waals surface area contributed by atoms with Crippen LogP contribution in [0.25, 0.3) is 22.0 Å². The average Bonchev–Trinajstić information content (AvgIpc) is 2.63. The summed E-state index contributed by atoms with van der Waals surface area (Å²) in [6, 6.07) is 11.7. The van der Waals surface area contributed by atoms with E-state index >= 15 is 0 Å². The van der Waals surface area contributed by atoms with E-state index in [4.69, 9.17) is 0 Å². The lowest BCUT2D eigenvalue weighted by molar-refractivity contribution is 0.485. The Morgan fingerprint density at radius 1 is 0.870 bits per heavy atom. The standard InChI is InChI=1S/C19H19N3O/c23-19-8-13-22(21-11-2-1-3-12-21)18-14-16(4-5-17(18)19)15-6-9-20-10-7-15/h4-10,13-14H,1-3,11-12H2. The second-order valence-corrected chi connectivity index (χ2v) is 6.01. The molecular weight excluding hydrogens is 286 g/mol. The highest BCUT2D eigenvalue weighted by molar-refractivity contribution is 5.84. The fraction of sp³-hybridized carbons (Fsp3) is 0.263. The first-order chi connectivity index (χ1) is 11.3. The van der Waals surface area contributed by atoms with Crippen LogP contribution < -0.4 is 10.4 Å². The third kappa shape index (κ3) is 2.61. The molecule has 0 saturated carbocycles. The van der Waals surface area contributed by atoms with E-state index in [9.17, 15) is 4.79 Å². The molecule has 23 heavy (non-hydrogen) atoms. The first kappa shape index (κ1) is 14.0. The first-order valence-electron chi connectivity index (χ1n) is 8.14. The van der Waals surface area contributed by atoms with Crippen LogP contribution in [0.1, 0.15) is 19.3 Å². The minimum Gasteiger partial charge on any atom is -0.313 e. The van der Waals surface area contributed by atoms with Crippen LogP contribution in [0.2, 0.25) is 0 Å². The van der Waals surface area contributed by atoms with E-state index in [0.29, 0.717) is 0 Å². The van der Waals surface area contributed by atoms with Crippen molar-refractivity contribution in [3.8, 4) is 11.1 Å². The smallest absolute Gasteiger partial charge is 0.189 e. The lowest BCUT2D eigenvalue weighted by atomic mass is 10.0. The molecule has 3 aromatic rings. The zero-order valence-electron chi connectivity index (χ0n) is 13.0. The van der Waals surface area contributed by atoms with E-state index in [-0.39, 0.29) is 5.43 Å². The molecule has 0 radical (unpaired) electrons. The van der Waals surface area contributed by atoms with Crippen molar-refractivity contribution >= 4 is 10.9 Å². The summed E-state index contributed by atoms with van der Waals surface area (Å²) in [6.07, 6.45) is 9.20. The molecule has 1 aliphatic rings. The summed E-state index contributed by atoms with van der Waals surface area (Å²) in [5.41, 5.74) is 3.28. The van der Waals surface area contributed by atoms with Crippen molar-refractivity contribution in [2.75, 3.05) is 18.1 Å². The monoisotopic (exact) mass is 305 g/mol. The number of rotatable bonds is 2. The van der Waals surface area contributed by atoms with Crippen LogP contribution in [0, 0.1) is 0 Å². The molecule has 2 aromatic heterocycles. The van der Waals surface area contributed by atoms with Crippen LogP contribution in [0.4, 0.5) is 0 Å². The van der Waals surface area contributed by atoms with Gasteiger partial charge in [0.15, 0.2) is 5.43 Å². The Kier molecular flexibility index (Phi) is 3.58. The Morgan fingerprint density at radius 3 is 2.43 bits per heavy atom. The molecule has 4 rings (SSSR count). The Balaban J connectivity index is 1.89. The Morgan fingerprint density at radius 2 is 1.65 bits per heavy atom. The Bertz CT molecular complexity index is 880. The number of nitrogens with zero attached hydrogens (tertiary/aromatic N) is 3. The van der Waals surface area contributed by atoms with Gasteiger partial charge in [0.05, 0.1) is 5.52 Å². The quantitative estimate of drug-likeness (QED) is 0.730. The molecule has 0 N–H and O–H groups in total. The van der Waals surface area contributed by atoms with E-state index < -0.39 is 0 Å². The molecule has 0 atom stereocenters. The number of pyridine rings is 2. The topological polar surface area (TPSA) is 38.1 Å². The highest BCUT2D eigenvalue weighted by Gasteiger charge is 2.13. The van der Waals surface area contributed by atoms with Gasteiger partial charge < -0.3 is 5.01 Å². The third-order valence-corrected chi connectivity index (χ3v) is 4.53. The number of hydrogen-bond acceptors (Lipinski definition) is 3. The normalized spacial score (nSPS) is 15.0. The lowest BCUT2D eigenvalue weighted by Crippen LogP contribution is -2.39. The molecule has 1 aromatic carbocycles. The summed E-state index contributed by atoms with van der Waals surface area (Å²) in [6.45, 7) is 2.08. The second-order valence-electron chi connectivity index (χ2n) is 6.01. The molecule has 116 valence electrons. The molecule has 0 amide bonds. The van der Waals surface area contributed by atoms with Gasteiger partial charge in [0.1, 0.15) is 0 Å². The molecule has 4 nitrogen and oxygen atoms in total. The maximum atomic E-state index is 12.2. The van der Waals surface area contributed by atoms with E-state index in [1.807, 2.05) is 30.5 Å². The number of aromatic nitrogens is 2. The fourth-order valence-electron chi connectivity index (χ4n) is 3.30. The van der Waals surface area contributed by atoms with Gasteiger partial charge in [-0.25, -0.2) is 0 Å². The van der Waals surface area contributed by atoms with E-state index in [2.05, 4.69) is 20.7 Å². The van der Waals surface area contributed by atoms with Crippen molar-refractivity contribution in [3.05, 3.63) is 65.2 Å². The van der Waals surface area contributed by atoms with Crippen molar-refractivity contribution in [1.29, 1.82) is 0 Å². The van der Waals surface area contributed by atoms with Crippen molar-refractivity contribution in [2.24, 2.45) is 0 Å². The maximum absolute atomic E-state index is 12.2. The van der Waals surface area contributed by atoms with Gasteiger partial charge in [-0.2, -0.15) is 0 Å². The van der Waals surface area contributed by atoms with Gasteiger partial charge in [0.2, 0.25) is 0 Å². The molecular formula is C19H19N3O. The van der Waals surface area contributed by atoms with Gasteiger partial charge in [-0.3, -0.25) is 14.5 Å². The largest absolute Gasteiger partial charge is 0.313 e. The highest BCUT2D eigenvalue weighted by atomic mass is 16.1. The van der Waals surface area contributed by atoms with Gasteiger partial charge in [0.25, 0.3) is 0 Å². The molecule has 4 heteroatoms. The fourth-order valence-corrected chi connectivity index (χ4v) is 3.30. The summed E-state index contributed by atoms with van der Waals surface area (Å²) in [7, 11) is 0. The zero-order chi connectivity index (χ0) is 15.6. The summed E-state index contributed by atoms with van der Waals surface area (Å²) < 4.78 is 2.15. The summed E-state index contributed by atoms with van der Waals surface area (Å²) in [5, 5.41) is 3.11. The van der Waals surface area contributed by atoms with Crippen molar-refractivity contribution in [3.63, 3.8) is 0 Å². The highest BCUT2D eigenvalue weighted by Crippen LogP contribution is 2.23. The summed E-state index contributed by atoms with van der Waals surface area (Å²) in [5.74, 6) is 0. The van der Waals surface area contributed by atoms with Crippen molar-refractivity contribution in [2.45, 2.75) is 19.3 Å². The molecule has 0 unspecified atom stereocenters. The minimum atomic E-state index is 0.0783. The van der Waals surface area contributed by atoms with Crippen LogP contribution in [0.15, 0.2) is 59.8 Å². The predicted molar refractivity (Wildman–Crippen MR) is 93.2 cm³/mol. The Hall–Kier alpha value is -2.62. The van der Waals surface area contributed by atoms with Crippen LogP contribution in [0.3, 0.4) is 0 Å². The maximum Gasteiger partial charge on any atom is 0.189 e. The van der Waals surface area contributed by atoms with Crippen molar-refractivity contribution in [1.82, 2.24) is 9.66 Å². The van der Waals surface area contributed by atoms with Gasteiger partial charge in [-0.1, -0.05) is 6.07 Å². The van der Waals surface area contributed by atoms with Gasteiger partial charge in [-0.05, 0) is 54.7 Å². The summed E-state index contributed by atoms with van der Waals surface area (Å²) >= 11 is 0. The number of piperidine rings is 1. The summed E-state index contributed by atoms with van der Waals surface area (Å²) in [4.78, 5) is 16.3. The van der Waals surface area contributed by atoms with E-state index in [1.165, 1.54) is 19.3 Å². The molecule has 1 fully saturated rings. The predicted octanol–water partition coefficient (Wildman–Crippen LogP) is 3.19. The van der Waals surface area contributed by atoms with Gasteiger partial charge in [0, 0.05) is 43.1 Å². The minimum absolute atomic E-state index is 0.0783. The Labute approximate surface area is 135 Å². The first-order valence-corrected chi connectivity index (χ1v) is 8.14. The molecule has 0 aliphatic carbocycles. The zero-order valence-corrected chi connectivity index (χ0v) is 13.0. The number of benzene rings is 1. The van der Waals surface area contributed by atoms with Gasteiger partial charge in [-0.15, -0.1) is 0 Å². The third-order valence-electron chi connectivity index (χ3n) is 4.53. The SMILES string of the molecule is O=c1ccn(N2CCCCC2)c2cc(-c3ccncc3)ccc12. The molecule has 0 bridgehead atoms. The van der Waals surface area contributed by atoms with Crippen molar-refractivity contribution < 1.29 is 0 Å². The molecule has 0 spiro atoms. The number of hydrogen-bond donors (Lipinski definition) is 0. The second kappa shape index (κ2) is 5.88. The van der Waals surface area contributed by atoms with Crippen LogP contribution in [0.5, 0.6) is 0 Å². The molecule has 1 aliphatic heterocycles. The van der Waals surface area contributed by atoms with E-state index in [0.717, 1.165) is 35.1 Å². The molecule has 1 saturated heterocycles. The molecule has 3 heterocycles. The average molecular weight is 305 g/mol. The van der Waals surface area contributed by atoms with Crippen LogP contribution in [-0.4, -0.2) is 22.7 Å². The lowest BCUT2D eigenvalue weighted by Gasteiger charge is -2.32. The van der Waals surface area contributed by atoms with Crippen LogP contribution >= 0.6 is 0 Å². The van der Waals surface area contributed by atoms with Gasteiger partial charge >= 0.3 is 0 Å². The number of fused-ring (bicyclic) bond motifs is 1.